The van der Waals surface area contributed by atoms with Crippen LogP contribution in [0.3, 0.4) is 0 Å². The predicted octanol–water partition coefficient (Wildman–Crippen LogP) is 2.17. The Bertz CT molecular complexity index is 849. The van der Waals surface area contributed by atoms with Crippen molar-refractivity contribution in [3.05, 3.63) is 70.8 Å². The number of rotatable bonds is 4. The topological polar surface area (TPSA) is 57.0 Å². The van der Waals surface area contributed by atoms with E-state index in [1.165, 1.54) is 30.1 Å². The van der Waals surface area contributed by atoms with Crippen LogP contribution in [0.4, 0.5) is 4.39 Å². The molecule has 0 radical (unpaired) electrons. The Morgan fingerprint density at radius 2 is 2.09 bits per heavy atom. The normalized spacial score (nSPS) is 12.5. The van der Waals surface area contributed by atoms with Crippen molar-refractivity contribution in [2.45, 2.75) is 6.04 Å². The summed E-state index contributed by atoms with van der Waals surface area (Å²) in [5, 5.41) is -0.0259. The van der Waals surface area contributed by atoms with Crippen LogP contribution in [0.15, 0.2) is 53.7 Å². The minimum atomic E-state index is -0.582. The summed E-state index contributed by atoms with van der Waals surface area (Å²) in [6.45, 7) is 0.235. The summed E-state index contributed by atoms with van der Waals surface area (Å²) in [5.74, 6) is -0.582. The summed E-state index contributed by atoms with van der Waals surface area (Å²) in [7, 11) is 1.54. The molecule has 0 N–H and O–H groups in total. The third-order valence-electron chi connectivity index (χ3n) is 3.45. The SMILES string of the molecule is COC[C@@H](c1ccccn1)n1cnc2cccc(F)c2c1=O. The summed E-state index contributed by atoms with van der Waals surface area (Å²) in [5.41, 5.74) is 0.540. The number of pyridine rings is 1. The van der Waals surface area contributed by atoms with Gasteiger partial charge < -0.3 is 4.74 Å². The molecule has 0 fully saturated rings. The molecule has 0 aliphatic rings. The van der Waals surface area contributed by atoms with Gasteiger partial charge in [0.1, 0.15) is 17.2 Å². The second-order valence-electron chi connectivity index (χ2n) is 4.82. The van der Waals surface area contributed by atoms with Crippen LogP contribution in [-0.4, -0.2) is 28.3 Å². The van der Waals surface area contributed by atoms with Gasteiger partial charge in [-0.1, -0.05) is 12.1 Å². The minimum Gasteiger partial charge on any atom is -0.382 e. The standard InChI is InChI=1S/C16H14FN3O2/c1-22-9-14(12-6-2-3-8-18-12)20-10-19-13-7-4-5-11(17)15(13)16(20)21/h2-8,10,14H,9H2,1H3/t14-/m0/s1. The second kappa shape index (κ2) is 6.03. The van der Waals surface area contributed by atoms with Gasteiger partial charge in [-0.3, -0.25) is 14.3 Å². The van der Waals surface area contributed by atoms with Crippen molar-refractivity contribution in [3.8, 4) is 0 Å². The first-order chi connectivity index (χ1) is 10.7. The summed E-state index contributed by atoms with van der Waals surface area (Å²) in [4.78, 5) is 21.1. The number of nitrogens with zero attached hydrogens (tertiary/aromatic N) is 3. The zero-order valence-electron chi connectivity index (χ0n) is 11.9. The average Bonchev–Trinajstić information content (AvgIpc) is 2.54. The molecule has 6 heteroatoms. The number of halogens is 1. The van der Waals surface area contributed by atoms with E-state index >= 15 is 0 Å². The van der Waals surface area contributed by atoms with Crippen LogP contribution in [0.2, 0.25) is 0 Å². The summed E-state index contributed by atoms with van der Waals surface area (Å²) in [6.07, 6.45) is 3.04. The number of ether oxygens (including phenoxy) is 1. The zero-order chi connectivity index (χ0) is 15.5. The Labute approximate surface area is 126 Å². The van der Waals surface area contributed by atoms with Crippen molar-refractivity contribution >= 4 is 10.9 Å². The van der Waals surface area contributed by atoms with Crippen LogP contribution < -0.4 is 5.56 Å². The molecule has 3 aromatic rings. The molecule has 3 rings (SSSR count). The molecule has 0 aliphatic heterocycles. The maximum Gasteiger partial charge on any atom is 0.264 e. The molecule has 0 saturated carbocycles. The number of methoxy groups -OCH3 is 1. The highest BCUT2D eigenvalue weighted by Crippen LogP contribution is 2.17. The predicted molar refractivity (Wildman–Crippen MR) is 80.2 cm³/mol. The van der Waals surface area contributed by atoms with E-state index in [1.54, 1.807) is 24.4 Å². The van der Waals surface area contributed by atoms with Gasteiger partial charge in [-0.15, -0.1) is 0 Å². The molecule has 22 heavy (non-hydrogen) atoms. The third-order valence-corrected chi connectivity index (χ3v) is 3.45. The van der Waals surface area contributed by atoms with E-state index in [2.05, 4.69) is 9.97 Å². The van der Waals surface area contributed by atoms with Gasteiger partial charge in [-0.2, -0.15) is 0 Å². The maximum absolute atomic E-state index is 14.0. The Balaban J connectivity index is 2.21. The molecule has 1 aromatic carbocycles. The van der Waals surface area contributed by atoms with E-state index in [-0.39, 0.29) is 12.0 Å². The van der Waals surface area contributed by atoms with Gasteiger partial charge >= 0.3 is 0 Å². The van der Waals surface area contributed by atoms with Gasteiger partial charge in [0, 0.05) is 13.3 Å². The smallest absolute Gasteiger partial charge is 0.264 e. The highest BCUT2D eigenvalue weighted by atomic mass is 19.1. The highest BCUT2D eigenvalue weighted by Gasteiger charge is 2.19. The largest absolute Gasteiger partial charge is 0.382 e. The van der Waals surface area contributed by atoms with Crippen molar-refractivity contribution in [3.63, 3.8) is 0 Å². The lowest BCUT2D eigenvalue weighted by atomic mass is 10.1. The fourth-order valence-electron chi connectivity index (χ4n) is 2.40. The molecule has 0 unspecified atom stereocenters. The van der Waals surface area contributed by atoms with Gasteiger partial charge in [0.15, 0.2) is 0 Å². The summed E-state index contributed by atoms with van der Waals surface area (Å²) < 4.78 is 20.5. The molecule has 0 saturated heterocycles. The third kappa shape index (κ3) is 2.48. The molecule has 1 atom stereocenters. The quantitative estimate of drug-likeness (QED) is 0.741. The van der Waals surface area contributed by atoms with Crippen LogP contribution in [0, 0.1) is 5.82 Å². The number of fused-ring (bicyclic) bond motifs is 1. The van der Waals surface area contributed by atoms with Gasteiger partial charge in [0.05, 0.1) is 24.1 Å². The first-order valence-electron chi connectivity index (χ1n) is 6.77. The number of hydrogen-bond donors (Lipinski definition) is 0. The van der Waals surface area contributed by atoms with Crippen molar-refractivity contribution in [1.29, 1.82) is 0 Å². The fraction of sp³-hybridized carbons (Fsp3) is 0.188. The zero-order valence-corrected chi connectivity index (χ0v) is 11.9. The van der Waals surface area contributed by atoms with E-state index in [1.807, 2.05) is 6.07 Å². The van der Waals surface area contributed by atoms with Crippen LogP contribution in [0.1, 0.15) is 11.7 Å². The molecule has 5 nitrogen and oxygen atoms in total. The Morgan fingerprint density at radius 1 is 1.23 bits per heavy atom. The van der Waals surface area contributed by atoms with Crippen LogP contribution >= 0.6 is 0 Å². The fourth-order valence-corrected chi connectivity index (χ4v) is 2.40. The van der Waals surface area contributed by atoms with Crippen LogP contribution in [-0.2, 0) is 4.74 Å². The van der Waals surface area contributed by atoms with Crippen molar-refractivity contribution in [1.82, 2.24) is 14.5 Å². The highest BCUT2D eigenvalue weighted by molar-refractivity contribution is 5.77. The Kier molecular flexibility index (Phi) is 3.93. The number of aromatic nitrogens is 3. The molecular weight excluding hydrogens is 285 g/mol. The Hall–Kier alpha value is -2.60. The number of benzene rings is 1. The maximum atomic E-state index is 14.0. The van der Waals surface area contributed by atoms with Gasteiger partial charge in [0.25, 0.3) is 5.56 Å². The van der Waals surface area contributed by atoms with Gasteiger partial charge in [-0.05, 0) is 24.3 Å². The number of hydrogen-bond acceptors (Lipinski definition) is 4. The lowest BCUT2D eigenvalue weighted by molar-refractivity contribution is 0.166. The van der Waals surface area contributed by atoms with Crippen molar-refractivity contribution < 1.29 is 9.13 Å². The minimum absolute atomic E-state index is 0.0259. The molecule has 0 amide bonds. The average molecular weight is 299 g/mol. The van der Waals surface area contributed by atoms with E-state index in [9.17, 15) is 9.18 Å². The van der Waals surface area contributed by atoms with Crippen molar-refractivity contribution in [2.75, 3.05) is 13.7 Å². The second-order valence-corrected chi connectivity index (χ2v) is 4.82. The summed E-state index contributed by atoms with van der Waals surface area (Å²) >= 11 is 0. The Morgan fingerprint density at radius 3 is 2.82 bits per heavy atom. The first-order valence-corrected chi connectivity index (χ1v) is 6.77. The lowest BCUT2D eigenvalue weighted by Crippen LogP contribution is -2.29. The summed E-state index contributed by atoms with van der Waals surface area (Å²) in [6, 6.07) is 9.33. The molecule has 112 valence electrons. The molecule has 0 bridgehead atoms. The molecule has 2 aromatic heterocycles. The van der Waals surface area contributed by atoms with Gasteiger partial charge in [0.2, 0.25) is 0 Å². The first kappa shape index (κ1) is 14.3. The van der Waals surface area contributed by atoms with E-state index in [0.717, 1.165) is 0 Å². The van der Waals surface area contributed by atoms with E-state index in [0.29, 0.717) is 11.2 Å². The van der Waals surface area contributed by atoms with E-state index < -0.39 is 17.4 Å². The van der Waals surface area contributed by atoms with Crippen molar-refractivity contribution in [2.24, 2.45) is 0 Å². The molecule has 2 heterocycles. The van der Waals surface area contributed by atoms with Crippen LogP contribution in [0.25, 0.3) is 10.9 Å². The molecule has 0 spiro atoms. The lowest BCUT2D eigenvalue weighted by Gasteiger charge is -2.18. The van der Waals surface area contributed by atoms with Crippen LogP contribution in [0.5, 0.6) is 0 Å². The van der Waals surface area contributed by atoms with Gasteiger partial charge in [-0.25, -0.2) is 9.37 Å². The monoisotopic (exact) mass is 299 g/mol. The molecular formula is C16H14FN3O2. The van der Waals surface area contributed by atoms with E-state index in [4.69, 9.17) is 4.74 Å². The molecule has 0 aliphatic carbocycles.